The molecule has 0 amide bonds. The number of rotatable bonds is 13. The zero-order valence-corrected chi connectivity index (χ0v) is 16.4. The molecule has 0 bridgehead atoms. The number of esters is 2. The predicted molar refractivity (Wildman–Crippen MR) is 101 cm³/mol. The van der Waals surface area contributed by atoms with Gasteiger partial charge in [0.2, 0.25) is 0 Å². The number of oxime groups is 1. The largest absolute Gasteiger partial charge is 0.465 e. The summed E-state index contributed by atoms with van der Waals surface area (Å²) in [6.07, 6.45) is 11.0. The maximum Gasteiger partial charge on any atom is 0.320 e. The maximum absolute atomic E-state index is 11.9. The molecule has 0 aromatic rings. The van der Waals surface area contributed by atoms with E-state index in [1.165, 1.54) is 5.57 Å². The van der Waals surface area contributed by atoms with Crippen LogP contribution >= 0.6 is 0 Å². The van der Waals surface area contributed by atoms with Crippen molar-refractivity contribution in [3.05, 3.63) is 11.6 Å². The second kappa shape index (κ2) is 13.4. The molecule has 1 rings (SSSR count). The zero-order chi connectivity index (χ0) is 19.2. The number of unbranched alkanes of at least 4 members (excludes halogenated alkanes) is 4. The fraction of sp³-hybridized carbons (Fsp3) is 0.750. The summed E-state index contributed by atoms with van der Waals surface area (Å²) in [5.41, 5.74) is 2.40. The lowest BCUT2D eigenvalue weighted by Crippen LogP contribution is -2.28. The average Bonchev–Trinajstić information content (AvgIpc) is 3.05. The smallest absolute Gasteiger partial charge is 0.320 e. The van der Waals surface area contributed by atoms with Crippen molar-refractivity contribution in [1.82, 2.24) is 0 Å². The van der Waals surface area contributed by atoms with Crippen molar-refractivity contribution in [1.29, 1.82) is 0 Å². The Morgan fingerprint density at radius 2 is 1.65 bits per heavy atom. The molecule has 6 nitrogen and oxygen atoms in total. The number of hydrogen-bond acceptors (Lipinski definition) is 6. The molecule has 0 aromatic heterocycles. The Balaban J connectivity index is 2.22. The number of allylic oxidation sites excluding steroid dienone is 2. The third kappa shape index (κ3) is 8.02. The Morgan fingerprint density at radius 3 is 2.27 bits per heavy atom. The molecule has 0 spiro atoms. The summed E-state index contributed by atoms with van der Waals surface area (Å²) < 4.78 is 9.97. The average molecular weight is 367 g/mol. The monoisotopic (exact) mass is 367 g/mol. The van der Waals surface area contributed by atoms with Gasteiger partial charge in [0.05, 0.1) is 18.9 Å². The number of hydrogen-bond donors (Lipinski definition) is 0. The highest BCUT2D eigenvalue weighted by atomic mass is 16.6. The van der Waals surface area contributed by atoms with E-state index in [1.54, 1.807) is 21.0 Å². The van der Waals surface area contributed by atoms with E-state index in [9.17, 15) is 9.59 Å². The minimum absolute atomic E-state index is 0.277. The highest BCUT2D eigenvalue weighted by molar-refractivity contribution is 6.01. The quantitative estimate of drug-likeness (QED) is 0.211. The first-order chi connectivity index (χ1) is 12.6. The van der Waals surface area contributed by atoms with Crippen LogP contribution in [0.5, 0.6) is 0 Å². The van der Waals surface area contributed by atoms with Gasteiger partial charge in [-0.3, -0.25) is 9.59 Å². The first-order valence-electron chi connectivity index (χ1n) is 9.76. The molecule has 0 atom stereocenters. The van der Waals surface area contributed by atoms with Crippen molar-refractivity contribution in [3.8, 4) is 0 Å². The molecule has 0 aliphatic heterocycles. The Morgan fingerprint density at radius 1 is 1.04 bits per heavy atom. The number of carbonyl (C=O) groups excluding carboxylic acids is 2. The van der Waals surface area contributed by atoms with Gasteiger partial charge in [0.15, 0.2) is 5.92 Å². The van der Waals surface area contributed by atoms with E-state index in [1.807, 2.05) is 0 Å². The van der Waals surface area contributed by atoms with Gasteiger partial charge in [0.1, 0.15) is 7.11 Å². The zero-order valence-electron chi connectivity index (χ0n) is 16.4. The Labute approximate surface area is 156 Å². The van der Waals surface area contributed by atoms with E-state index in [0.29, 0.717) is 6.42 Å². The summed E-state index contributed by atoms with van der Waals surface area (Å²) in [4.78, 5) is 28.7. The van der Waals surface area contributed by atoms with Gasteiger partial charge in [0, 0.05) is 0 Å². The van der Waals surface area contributed by atoms with Crippen molar-refractivity contribution in [2.45, 2.75) is 71.6 Å². The molecule has 6 heteroatoms. The van der Waals surface area contributed by atoms with Crippen LogP contribution in [0.1, 0.15) is 71.6 Å². The fourth-order valence-corrected chi connectivity index (χ4v) is 3.13. The lowest BCUT2D eigenvalue weighted by molar-refractivity contribution is -0.161. The van der Waals surface area contributed by atoms with Crippen LogP contribution in [0.4, 0.5) is 0 Å². The van der Waals surface area contributed by atoms with E-state index in [0.717, 1.165) is 57.1 Å². The van der Waals surface area contributed by atoms with Crippen LogP contribution < -0.4 is 0 Å². The number of ether oxygens (including phenoxy) is 2. The van der Waals surface area contributed by atoms with Gasteiger partial charge >= 0.3 is 11.9 Å². The minimum Gasteiger partial charge on any atom is -0.465 e. The van der Waals surface area contributed by atoms with Gasteiger partial charge < -0.3 is 14.3 Å². The van der Waals surface area contributed by atoms with Crippen LogP contribution in [0.2, 0.25) is 0 Å². The summed E-state index contributed by atoms with van der Waals surface area (Å²) in [6, 6.07) is 0. The molecular weight excluding hydrogens is 334 g/mol. The van der Waals surface area contributed by atoms with Crippen molar-refractivity contribution >= 4 is 17.7 Å². The molecule has 0 saturated carbocycles. The fourth-order valence-electron chi connectivity index (χ4n) is 3.13. The first-order valence-corrected chi connectivity index (χ1v) is 9.76. The molecule has 1 aliphatic rings. The van der Waals surface area contributed by atoms with Crippen molar-refractivity contribution < 1.29 is 23.9 Å². The van der Waals surface area contributed by atoms with Crippen molar-refractivity contribution in [2.75, 3.05) is 20.3 Å². The van der Waals surface area contributed by atoms with Crippen molar-refractivity contribution in [2.24, 2.45) is 11.1 Å². The molecule has 148 valence electrons. The molecule has 1 aliphatic carbocycles. The third-order valence-electron chi connectivity index (χ3n) is 4.43. The van der Waals surface area contributed by atoms with Crippen LogP contribution in [0.25, 0.3) is 0 Å². The highest BCUT2D eigenvalue weighted by Gasteiger charge is 2.28. The molecule has 0 radical (unpaired) electrons. The molecular formula is C20H33NO5. The van der Waals surface area contributed by atoms with Crippen molar-refractivity contribution in [3.63, 3.8) is 0 Å². The number of nitrogens with zero attached hydrogens (tertiary/aromatic N) is 1. The molecule has 0 heterocycles. The van der Waals surface area contributed by atoms with E-state index in [4.69, 9.17) is 14.3 Å². The van der Waals surface area contributed by atoms with Crippen LogP contribution in [0.3, 0.4) is 0 Å². The summed E-state index contributed by atoms with van der Waals surface area (Å²) in [6.45, 7) is 4.03. The van der Waals surface area contributed by atoms with Crippen LogP contribution in [-0.4, -0.2) is 38.0 Å². The second-order valence-electron chi connectivity index (χ2n) is 6.35. The van der Waals surface area contributed by atoms with Gasteiger partial charge in [-0.15, -0.1) is 0 Å². The second-order valence-corrected chi connectivity index (χ2v) is 6.35. The molecule has 26 heavy (non-hydrogen) atoms. The van der Waals surface area contributed by atoms with Gasteiger partial charge in [-0.25, -0.2) is 0 Å². The topological polar surface area (TPSA) is 74.2 Å². The molecule has 0 fully saturated rings. The van der Waals surface area contributed by atoms with Gasteiger partial charge in [0.25, 0.3) is 0 Å². The standard InChI is InChI=1S/C20H33NO5/c1-4-25-19(22)17(20(23)26-5-2)14-10-8-6-7-9-12-16-13-11-15-18(16)21-24-3/h13,17H,4-12,14-15H2,1-3H3. The highest BCUT2D eigenvalue weighted by Crippen LogP contribution is 2.22. The summed E-state index contributed by atoms with van der Waals surface area (Å²) in [5, 5.41) is 4.08. The molecule has 0 saturated heterocycles. The Hall–Kier alpha value is -1.85. The SMILES string of the molecule is CCOC(=O)C(CCCCCCCC1=CCCC1=NOC)C(=O)OCC. The van der Waals surface area contributed by atoms with E-state index < -0.39 is 17.9 Å². The summed E-state index contributed by atoms with van der Waals surface area (Å²) in [7, 11) is 1.59. The van der Waals surface area contributed by atoms with Crippen LogP contribution in [0, 0.1) is 5.92 Å². The predicted octanol–water partition coefficient (Wildman–Crippen LogP) is 4.18. The summed E-state index contributed by atoms with van der Waals surface area (Å²) in [5.74, 6) is -1.72. The molecule has 0 unspecified atom stereocenters. The van der Waals surface area contributed by atoms with E-state index in [2.05, 4.69) is 11.2 Å². The van der Waals surface area contributed by atoms with Gasteiger partial charge in [-0.2, -0.15) is 0 Å². The van der Waals surface area contributed by atoms with Crippen LogP contribution in [0.15, 0.2) is 16.8 Å². The summed E-state index contributed by atoms with van der Waals surface area (Å²) >= 11 is 0. The lowest BCUT2D eigenvalue weighted by atomic mass is 9.99. The Kier molecular flexibility index (Phi) is 11.4. The first kappa shape index (κ1) is 22.2. The van der Waals surface area contributed by atoms with Gasteiger partial charge in [-0.1, -0.05) is 36.9 Å². The molecule has 0 N–H and O–H groups in total. The van der Waals surface area contributed by atoms with E-state index in [-0.39, 0.29) is 13.2 Å². The van der Waals surface area contributed by atoms with Crippen LogP contribution in [-0.2, 0) is 23.9 Å². The maximum atomic E-state index is 11.9. The van der Waals surface area contributed by atoms with Gasteiger partial charge in [-0.05, 0) is 51.5 Å². The minimum atomic E-state index is -0.786. The Bertz CT molecular complexity index is 480. The van der Waals surface area contributed by atoms with E-state index >= 15 is 0 Å². The lowest BCUT2D eigenvalue weighted by Gasteiger charge is -2.14. The molecule has 0 aromatic carbocycles. The third-order valence-corrected chi connectivity index (χ3v) is 4.43. The number of carbonyl (C=O) groups is 2. The normalized spacial score (nSPS) is 15.2.